The summed E-state index contributed by atoms with van der Waals surface area (Å²) in [6.45, 7) is 0.523. The van der Waals surface area contributed by atoms with Crippen LogP contribution in [0.3, 0.4) is 0 Å². The molecule has 7 nitrogen and oxygen atoms in total. The third kappa shape index (κ3) is 4.57. The van der Waals surface area contributed by atoms with Crippen molar-refractivity contribution in [3.63, 3.8) is 0 Å². The number of esters is 1. The minimum Gasteiger partial charge on any atom is -0.451 e. The molecule has 2 aromatic carbocycles. The van der Waals surface area contributed by atoms with Gasteiger partial charge in [-0.3, -0.25) is 9.59 Å². The van der Waals surface area contributed by atoms with E-state index in [1.807, 2.05) is 6.07 Å². The molecule has 1 atom stereocenters. The summed E-state index contributed by atoms with van der Waals surface area (Å²) in [5.41, 5.74) is 0.846. The number of nitriles is 1. The number of ether oxygens (including phenoxy) is 1. The molecular formula is C20H15F3N4O3. The van der Waals surface area contributed by atoms with Crippen molar-refractivity contribution in [2.45, 2.75) is 25.7 Å². The van der Waals surface area contributed by atoms with Gasteiger partial charge in [0.25, 0.3) is 5.91 Å². The second-order valence-electron chi connectivity index (χ2n) is 6.32. The van der Waals surface area contributed by atoms with Gasteiger partial charge in [-0.05, 0) is 37.3 Å². The quantitative estimate of drug-likeness (QED) is 0.642. The number of amides is 1. The van der Waals surface area contributed by atoms with Crippen molar-refractivity contribution in [1.29, 1.82) is 5.26 Å². The normalized spacial score (nSPS) is 12.2. The highest BCUT2D eigenvalue weighted by atomic mass is 19.4. The Balaban J connectivity index is 1.72. The molecule has 3 aromatic rings. The first-order chi connectivity index (χ1) is 14.2. The Labute approximate surface area is 168 Å². The number of rotatable bonds is 5. The van der Waals surface area contributed by atoms with Crippen molar-refractivity contribution in [3.05, 3.63) is 59.9 Å². The lowest BCUT2D eigenvalue weighted by Crippen LogP contribution is -2.31. The molecule has 0 bridgehead atoms. The summed E-state index contributed by atoms with van der Waals surface area (Å²) in [7, 11) is 0. The summed E-state index contributed by atoms with van der Waals surface area (Å²) in [5, 5.41) is 11.4. The van der Waals surface area contributed by atoms with Crippen molar-refractivity contribution in [3.8, 4) is 6.07 Å². The van der Waals surface area contributed by atoms with E-state index in [1.165, 1.54) is 37.3 Å². The number of halogens is 3. The van der Waals surface area contributed by atoms with Gasteiger partial charge in [0.2, 0.25) is 5.82 Å². The zero-order valence-corrected chi connectivity index (χ0v) is 15.6. The van der Waals surface area contributed by atoms with E-state index in [0.717, 1.165) is 0 Å². The maximum absolute atomic E-state index is 13.3. The number of nitrogens with one attached hydrogen (secondary N) is 1. The van der Waals surface area contributed by atoms with Gasteiger partial charge in [-0.2, -0.15) is 18.4 Å². The molecule has 10 heteroatoms. The first kappa shape index (κ1) is 20.9. The monoisotopic (exact) mass is 416 g/mol. The van der Waals surface area contributed by atoms with Gasteiger partial charge < -0.3 is 14.6 Å². The van der Waals surface area contributed by atoms with Crippen LogP contribution in [0.5, 0.6) is 0 Å². The fourth-order valence-electron chi connectivity index (χ4n) is 2.78. The Kier molecular flexibility index (Phi) is 5.73. The maximum Gasteiger partial charge on any atom is 0.449 e. The van der Waals surface area contributed by atoms with Crippen LogP contribution in [-0.4, -0.2) is 27.5 Å². The third-order valence-corrected chi connectivity index (χ3v) is 4.13. The van der Waals surface area contributed by atoms with Gasteiger partial charge in [-0.15, -0.1) is 0 Å². The van der Waals surface area contributed by atoms with E-state index in [2.05, 4.69) is 10.3 Å². The summed E-state index contributed by atoms with van der Waals surface area (Å²) in [6, 6.07) is 13.9. The Morgan fingerprint density at radius 1 is 1.23 bits per heavy atom. The van der Waals surface area contributed by atoms with E-state index in [9.17, 15) is 22.8 Å². The summed E-state index contributed by atoms with van der Waals surface area (Å²) in [6.07, 6.45) is -6.04. The number of aromatic nitrogens is 2. The van der Waals surface area contributed by atoms with Gasteiger partial charge in [-0.1, -0.05) is 18.2 Å². The van der Waals surface area contributed by atoms with Gasteiger partial charge in [0.15, 0.2) is 6.10 Å². The minimum absolute atomic E-state index is 0.0841. The zero-order valence-electron chi connectivity index (χ0n) is 15.6. The lowest BCUT2D eigenvalue weighted by atomic mass is 10.2. The molecule has 0 aliphatic carbocycles. The topological polar surface area (TPSA) is 97.0 Å². The molecule has 1 unspecified atom stereocenters. The lowest BCUT2D eigenvalue weighted by molar-refractivity contribution is -0.156. The van der Waals surface area contributed by atoms with Crippen LogP contribution in [0.15, 0.2) is 48.5 Å². The van der Waals surface area contributed by atoms with Crippen molar-refractivity contribution >= 4 is 28.6 Å². The molecule has 30 heavy (non-hydrogen) atoms. The molecular weight excluding hydrogens is 401 g/mol. The molecule has 0 aliphatic rings. The average molecular weight is 416 g/mol. The Morgan fingerprint density at radius 3 is 2.67 bits per heavy atom. The summed E-state index contributed by atoms with van der Waals surface area (Å²) in [5.74, 6) is -2.95. The molecule has 1 N–H and O–H groups in total. The summed E-state index contributed by atoms with van der Waals surface area (Å²) in [4.78, 5) is 28.0. The first-order valence-electron chi connectivity index (χ1n) is 8.72. The fourth-order valence-corrected chi connectivity index (χ4v) is 2.78. The average Bonchev–Trinajstić information content (AvgIpc) is 3.07. The number of hydrogen-bond acceptors (Lipinski definition) is 5. The number of hydrogen-bond donors (Lipinski definition) is 1. The van der Waals surface area contributed by atoms with Crippen molar-refractivity contribution in [1.82, 2.24) is 9.55 Å². The number of imidazole rings is 1. The minimum atomic E-state index is -4.77. The van der Waals surface area contributed by atoms with Gasteiger partial charge in [0.05, 0.1) is 22.7 Å². The number of carbonyl (C=O) groups excluding carboxylic acids is 2. The van der Waals surface area contributed by atoms with Gasteiger partial charge in [0, 0.05) is 5.69 Å². The largest absolute Gasteiger partial charge is 0.451 e. The number of alkyl halides is 3. The van der Waals surface area contributed by atoms with Crippen molar-refractivity contribution < 1.29 is 27.5 Å². The predicted octanol–water partition coefficient (Wildman–Crippen LogP) is 3.50. The number of para-hydroxylation sites is 2. The Bertz CT molecular complexity index is 1150. The smallest absolute Gasteiger partial charge is 0.449 e. The van der Waals surface area contributed by atoms with Crippen LogP contribution in [0.4, 0.5) is 18.9 Å². The molecule has 0 fully saturated rings. The van der Waals surface area contributed by atoms with Crippen LogP contribution in [-0.2, 0) is 27.0 Å². The van der Waals surface area contributed by atoms with Gasteiger partial charge in [-0.25, -0.2) is 4.98 Å². The van der Waals surface area contributed by atoms with E-state index in [-0.39, 0.29) is 11.0 Å². The molecule has 154 valence electrons. The van der Waals surface area contributed by atoms with Crippen LogP contribution in [0, 0.1) is 11.3 Å². The maximum atomic E-state index is 13.3. The van der Waals surface area contributed by atoms with E-state index in [4.69, 9.17) is 10.00 Å². The van der Waals surface area contributed by atoms with Crippen LogP contribution in [0.1, 0.15) is 18.3 Å². The van der Waals surface area contributed by atoms with Crippen LogP contribution in [0.2, 0.25) is 0 Å². The van der Waals surface area contributed by atoms with Crippen LogP contribution < -0.4 is 5.32 Å². The first-order valence-corrected chi connectivity index (χ1v) is 8.72. The fraction of sp³-hybridized carbons (Fsp3) is 0.200. The highest BCUT2D eigenvalue weighted by Gasteiger charge is 2.38. The second-order valence-corrected chi connectivity index (χ2v) is 6.32. The van der Waals surface area contributed by atoms with E-state index in [0.29, 0.717) is 15.8 Å². The number of fused-ring (bicyclic) bond motifs is 1. The Morgan fingerprint density at radius 2 is 1.97 bits per heavy atom. The van der Waals surface area contributed by atoms with Crippen LogP contribution in [0.25, 0.3) is 11.0 Å². The van der Waals surface area contributed by atoms with E-state index >= 15 is 0 Å². The number of nitrogens with zero attached hydrogens (tertiary/aromatic N) is 3. The molecule has 0 aliphatic heterocycles. The molecule has 0 spiro atoms. The molecule has 0 radical (unpaired) electrons. The molecule has 1 aromatic heterocycles. The van der Waals surface area contributed by atoms with E-state index in [1.54, 1.807) is 18.2 Å². The number of anilines is 1. The Hall–Kier alpha value is -3.87. The van der Waals surface area contributed by atoms with E-state index < -0.39 is 36.5 Å². The molecule has 0 saturated carbocycles. The van der Waals surface area contributed by atoms with Crippen LogP contribution >= 0.6 is 0 Å². The zero-order chi connectivity index (χ0) is 21.9. The van der Waals surface area contributed by atoms with Gasteiger partial charge in [0.1, 0.15) is 6.54 Å². The SMILES string of the molecule is CC(OC(=O)Cn1c(C(F)(F)F)nc2ccccc21)C(=O)Nc1cccc(C#N)c1. The van der Waals surface area contributed by atoms with Crippen molar-refractivity contribution in [2.75, 3.05) is 5.32 Å². The molecule has 1 amide bonds. The summed E-state index contributed by atoms with van der Waals surface area (Å²) < 4.78 is 45.6. The number of carbonyl (C=O) groups is 2. The molecule has 3 rings (SSSR count). The standard InChI is InChI=1S/C20H15F3N4O3/c1-12(18(29)25-14-6-4-5-13(9-14)10-24)30-17(28)11-27-16-8-3-2-7-15(16)26-19(27)20(21,22)23/h2-9,12H,11H2,1H3,(H,25,29). The van der Waals surface area contributed by atoms with Gasteiger partial charge >= 0.3 is 12.1 Å². The lowest BCUT2D eigenvalue weighted by Gasteiger charge is -2.15. The highest BCUT2D eigenvalue weighted by Crippen LogP contribution is 2.31. The molecule has 0 saturated heterocycles. The molecule has 1 heterocycles. The third-order valence-electron chi connectivity index (χ3n) is 4.13. The summed E-state index contributed by atoms with van der Waals surface area (Å²) >= 11 is 0. The van der Waals surface area contributed by atoms with Crippen molar-refractivity contribution in [2.24, 2.45) is 0 Å². The number of benzene rings is 2. The predicted molar refractivity (Wildman–Crippen MR) is 100 cm³/mol. The second kappa shape index (κ2) is 8.24. The highest BCUT2D eigenvalue weighted by molar-refractivity contribution is 5.95.